The molecular weight excluding hydrogens is 444 g/mol. The van der Waals surface area contributed by atoms with Crippen LogP contribution in [0.1, 0.15) is 23.2 Å². The predicted octanol–water partition coefficient (Wildman–Crippen LogP) is 2.77. The molecule has 8 nitrogen and oxygen atoms in total. The van der Waals surface area contributed by atoms with Gasteiger partial charge in [-0.2, -0.15) is 0 Å². The second-order valence-corrected chi connectivity index (χ2v) is 7.79. The molecule has 10 heteroatoms. The number of halogens is 1. The smallest absolute Gasteiger partial charge is 0.254 e. The monoisotopic (exact) mass is 462 g/mol. The van der Waals surface area contributed by atoms with Gasteiger partial charge in [0.15, 0.2) is 5.16 Å². The van der Waals surface area contributed by atoms with Gasteiger partial charge in [-0.1, -0.05) is 39.8 Å². The van der Waals surface area contributed by atoms with Crippen LogP contribution in [0.2, 0.25) is 0 Å². The molecule has 0 aliphatic carbocycles. The summed E-state index contributed by atoms with van der Waals surface area (Å²) >= 11 is 4.77. The van der Waals surface area contributed by atoms with Gasteiger partial charge in [0.2, 0.25) is 11.9 Å². The summed E-state index contributed by atoms with van der Waals surface area (Å²) in [5.74, 6) is -0.0160. The number of benzene rings is 1. The van der Waals surface area contributed by atoms with Crippen molar-refractivity contribution in [2.24, 2.45) is 0 Å². The highest BCUT2D eigenvalue weighted by Gasteiger charge is 2.12. The van der Waals surface area contributed by atoms with E-state index >= 15 is 0 Å². The summed E-state index contributed by atoms with van der Waals surface area (Å²) in [6.45, 7) is 2.33. The van der Waals surface area contributed by atoms with Crippen molar-refractivity contribution in [1.82, 2.24) is 24.7 Å². The minimum atomic E-state index is -0.255. The van der Waals surface area contributed by atoms with E-state index < -0.39 is 0 Å². The van der Waals surface area contributed by atoms with E-state index in [4.69, 9.17) is 0 Å². The number of nitrogens with zero attached hydrogens (tertiary/aromatic N) is 4. The van der Waals surface area contributed by atoms with Crippen molar-refractivity contribution in [3.05, 3.63) is 62.2 Å². The molecule has 0 saturated carbocycles. The normalized spacial score (nSPS) is 10.8. The molecule has 0 bridgehead atoms. The molecule has 0 aliphatic rings. The maximum Gasteiger partial charge on any atom is 0.254 e. The Labute approximate surface area is 174 Å². The van der Waals surface area contributed by atoms with E-state index in [0.717, 1.165) is 10.0 Å². The van der Waals surface area contributed by atoms with Crippen molar-refractivity contribution in [2.75, 3.05) is 11.6 Å². The van der Waals surface area contributed by atoms with Crippen molar-refractivity contribution in [2.45, 2.75) is 31.5 Å². The van der Waals surface area contributed by atoms with Gasteiger partial charge in [0.25, 0.3) is 5.56 Å². The Bertz CT molecular complexity index is 1030. The molecule has 146 valence electrons. The van der Waals surface area contributed by atoms with Gasteiger partial charge in [0.1, 0.15) is 6.33 Å². The molecule has 0 radical (unpaired) electrons. The lowest BCUT2D eigenvalue weighted by Crippen LogP contribution is -2.20. The number of rotatable bonds is 7. The summed E-state index contributed by atoms with van der Waals surface area (Å²) < 4.78 is 2.66. The number of aromatic nitrogens is 5. The van der Waals surface area contributed by atoms with E-state index in [1.165, 1.54) is 11.8 Å². The van der Waals surface area contributed by atoms with Crippen LogP contribution in [0.25, 0.3) is 0 Å². The summed E-state index contributed by atoms with van der Waals surface area (Å²) in [6.07, 6.45) is 3.85. The highest BCUT2D eigenvalue weighted by Crippen LogP contribution is 2.12. The number of nitrogens with one attached hydrogen (secondary N) is 2. The van der Waals surface area contributed by atoms with E-state index in [-0.39, 0.29) is 23.8 Å². The molecule has 0 spiro atoms. The first kappa shape index (κ1) is 20.3. The SMILES string of the molecule is CSc1nc(C)c(CCC(=O)Nc2ncn(Cc3ccc(Br)cc3)n2)c(=O)[nH]1. The summed E-state index contributed by atoms with van der Waals surface area (Å²) in [5, 5.41) is 7.49. The molecule has 1 aromatic carbocycles. The molecule has 1 amide bonds. The van der Waals surface area contributed by atoms with Crippen LogP contribution in [0.4, 0.5) is 5.95 Å². The van der Waals surface area contributed by atoms with Gasteiger partial charge in [-0.25, -0.2) is 14.6 Å². The molecule has 2 N–H and O–H groups in total. The molecule has 3 rings (SSSR count). The van der Waals surface area contributed by atoms with Gasteiger partial charge in [0, 0.05) is 22.2 Å². The zero-order chi connectivity index (χ0) is 20.1. The molecular formula is C18H19BrN6O2S. The Morgan fingerprint density at radius 2 is 2.07 bits per heavy atom. The highest BCUT2D eigenvalue weighted by atomic mass is 79.9. The number of aryl methyl sites for hydroxylation is 1. The van der Waals surface area contributed by atoms with Crippen molar-refractivity contribution < 1.29 is 4.79 Å². The van der Waals surface area contributed by atoms with Gasteiger partial charge in [0.05, 0.1) is 6.54 Å². The van der Waals surface area contributed by atoms with Gasteiger partial charge in [-0.3, -0.25) is 14.9 Å². The number of carbonyl (C=O) groups is 1. The fourth-order valence-corrected chi connectivity index (χ4v) is 3.29. The largest absolute Gasteiger partial charge is 0.301 e. The predicted molar refractivity (Wildman–Crippen MR) is 112 cm³/mol. The molecule has 3 aromatic rings. The number of thioether (sulfide) groups is 1. The maximum absolute atomic E-state index is 12.2. The van der Waals surface area contributed by atoms with Gasteiger partial charge in [-0.15, -0.1) is 5.10 Å². The fraction of sp³-hybridized carbons (Fsp3) is 0.278. The quantitative estimate of drug-likeness (QED) is 0.413. The van der Waals surface area contributed by atoms with Crippen LogP contribution in [0, 0.1) is 6.92 Å². The lowest BCUT2D eigenvalue weighted by atomic mass is 10.1. The fourth-order valence-electron chi connectivity index (χ4n) is 2.61. The summed E-state index contributed by atoms with van der Waals surface area (Å²) in [7, 11) is 0. The number of H-pyrrole nitrogens is 1. The van der Waals surface area contributed by atoms with Crippen LogP contribution in [0.5, 0.6) is 0 Å². The molecule has 0 fully saturated rings. The summed E-state index contributed by atoms with van der Waals surface area (Å²) in [4.78, 5) is 35.4. The summed E-state index contributed by atoms with van der Waals surface area (Å²) in [6, 6.07) is 7.89. The number of amides is 1. The van der Waals surface area contributed by atoms with Crippen LogP contribution >= 0.6 is 27.7 Å². The van der Waals surface area contributed by atoms with E-state index in [0.29, 0.717) is 29.4 Å². The van der Waals surface area contributed by atoms with Gasteiger partial charge in [-0.05, 0) is 37.3 Å². The third-order valence-corrected chi connectivity index (χ3v) is 5.15. The lowest BCUT2D eigenvalue weighted by molar-refractivity contribution is -0.116. The Morgan fingerprint density at radius 1 is 1.32 bits per heavy atom. The zero-order valence-electron chi connectivity index (χ0n) is 15.4. The average molecular weight is 463 g/mol. The van der Waals surface area contributed by atoms with Crippen LogP contribution in [0.15, 0.2) is 45.0 Å². The first-order valence-electron chi connectivity index (χ1n) is 8.52. The Morgan fingerprint density at radius 3 is 2.75 bits per heavy atom. The number of aromatic amines is 1. The van der Waals surface area contributed by atoms with E-state index in [9.17, 15) is 9.59 Å². The topological polar surface area (TPSA) is 106 Å². The van der Waals surface area contributed by atoms with Crippen molar-refractivity contribution in [3.63, 3.8) is 0 Å². The number of anilines is 1. The highest BCUT2D eigenvalue weighted by molar-refractivity contribution is 9.10. The van der Waals surface area contributed by atoms with E-state index in [1.807, 2.05) is 30.5 Å². The lowest BCUT2D eigenvalue weighted by Gasteiger charge is -2.05. The van der Waals surface area contributed by atoms with Crippen LogP contribution in [-0.2, 0) is 17.8 Å². The third-order valence-electron chi connectivity index (χ3n) is 4.04. The first-order valence-corrected chi connectivity index (χ1v) is 10.5. The first-order chi connectivity index (χ1) is 13.4. The Balaban J connectivity index is 1.56. The van der Waals surface area contributed by atoms with Crippen LogP contribution in [-0.4, -0.2) is 36.9 Å². The minimum Gasteiger partial charge on any atom is -0.301 e. The van der Waals surface area contributed by atoms with Crippen molar-refractivity contribution >= 4 is 39.5 Å². The number of hydrogen-bond acceptors (Lipinski definition) is 6. The van der Waals surface area contributed by atoms with Crippen LogP contribution in [0.3, 0.4) is 0 Å². The maximum atomic E-state index is 12.2. The van der Waals surface area contributed by atoms with E-state index in [2.05, 4.69) is 41.3 Å². The Kier molecular flexibility index (Phi) is 6.63. The molecule has 0 aliphatic heterocycles. The minimum absolute atomic E-state index is 0.144. The molecule has 28 heavy (non-hydrogen) atoms. The molecule has 0 atom stereocenters. The molecule has 2 aromatic heterocycles. The van der Waals surface area contributed by atoms with Crippen molar-refractivity contribution in [3.8, 4) is 0 Å². The zero-order valence-corrected chi connectivity index (χ0v) is 17.8. The average Bonchev–Trinajstić information content (AvgIpc) is 3.09. The van der Waals surface area contributed by atoms with Crippen LogP contribution < -0.4 is 10.9 Å². The molecule has 0 saturated heterocycles. The second kappa shape index (κ2) is 9.16. The number of hydrogen-bond donors (Lipinski definition) is 2. The second-order valence-electron chi connectivity index (χ2n) is 6.08. The summed E-state index contributed by atoms with van der Waals surface area (Å²) in [5.41, 5.74) is 2.02. The Hall–Kier alpha value is -2.46. The van der Waals surface area contributed by atoms with Crippen molar-refractivity contribution in [1.29, 1.82) is 0 Å². The van der Waals surface area contributed by atoms with Gasteiger partial charge >= 0.3 is 0 Å². The van der Waals surface area contributed by atoms with Gasteiger partial charge < -0.3 is 4.98 Å². The van der Waals surface area contributed by atoms with E-state index in [1.54, 1.807) is 17.9 Å². The molecule has 2 heterocycles. The number of carbonyl (C=O) groups excluding carboxylic acids is 1. The standard InChI is InChI=1S/C18H19BrN6O2S/c1-11-14(16(27)23-18(21-11)28-2)7-8-15(26)22-17-20-10-25(24-17)9-12-3-5-13(19)6-4-12/h3-6,10H,7-9H2,1-2H3,(H,21,23,27)(H,22,24,26). The molecule has 0 unspecified atom stereocenters. The third kappa shape index (κ3) is 5.29.